The largest absolute Gasteiger partial charge is 0.341 e. The van der Waals surface area contributed by atoms with E-state index in [1.165, 1.54) is 56.4 Å². The zero-order valence-electron chi connectivity index (χ0n) is 25.9. The van der Waals surface area contributed by atoms with Crippen LogP contribution in [0.5, 0.6) is 0 Å². The molecule has 1 saturated carbocycles. The van der Waals surface area contributed by atoms with Crippen LogP contribution in [0, 0.1) is 17.2 Å². The number of nitrogens with zero attached hydrogens (tertiary/aromatic N) is 5. The molecule has 0 spiro atoms. The van der Waals surface area contributed by atoms with Crippen molar-refractivity contribution in [1.29, 1.82) is 0 Å². The Balaban J connectivity index is 1.12. The Morgan fingerprint density at radius 3 is 2.24 bits per heavy atom. The van der Waals surface area contributed by atoms with Crippen molar-refractivity contribution >= 4 is 23.4 Å². The van der Waals surface area contributed by atoms with E-state index in [2.05, 4.69) is 20.3 Å². The van der Waals surface area contributed by atoms with Crippen LogP contribution >= 0.6 is 11.6 Å². The average molecular weight is 635 g/mol. The van der Waals surface area contributed by atoms with Crippen molar-refractivity contribution in [2.45, 2.75) is 82.8 Å². The van der Waals surface area contributed by atoms with Gasteiger partial charge in [0.15, 0.2) is 0 Å². The zero-order valence-corrected chi connectivity index (χ0v) is 26.7. The van der Waals surface area contributed by atoms with Gasteiger partial charge in [0.2, 0.25) is 5.91 Å². The Morgan fingerprint density at radius 1 is 0.911 bits per heavy atom. The highest BCUT2D eigenvalue weighted by Crippen LogP contribution is 2.47. The number of amides is 2. The van der Waals surface area contributed by atoms with E-state index in [9.17, 15) is 14.0 Å². The van der Waals surface area contributed by atoms with Crippen LogP contribution in [0.1, 0.15) is 73.7 Å². The standard InChI is InChI=1S/C35H44ClFN6O2/c36-29-10-6-26(7-11-29)22-32(40-31-14-18-41(19-15-31)33(44)27-8-12-30(37)13-9-27)34(45)42-20-16-35(17-21-42,23-43-25-38-24-39-43)28-4-2-1-3-5-28/h6-13,24-25,28,31-32,40H,1-5,14-23H2/t32-/m1/s1. The summed E-state index contributed by atoms with van der Waals surface area (Å²) in [5.74, 6) is 0.364. The van der Waals surface area contributed by atoms with Crippen LogP contribution in [0.4, 0.5) is 4.39 Å². The van der Waals surface area contributed by atoms with Gasteiger partial charge < -0.3 is 15.1 Å². The SMILES string of the molecule is O=C(c1ccc(F)cc1)N1CCC(N[C@H](Cc2ccc(Cl)cc2)C(=O)N2CCC(Cn3cncn3)(C3CCCCC3)CC2)CC1. The highest BCUT2D eigenvalue weighted by Gasteiger charge is 2.44. The molecule has 2 saturated heterocycles. The van der Waals surface area contributed by atoms with Gasteiger partial charge in [0.25, 0.3) is 5.91 Å². The molecule has 1 N–H and O–H groups in total. The molecule has 2 amide bonds. The van der Waals surface area contributed by atoms with E-state index in [-0.39, 0.29) is 35.1 Å². The van der Waals surface area contributed by atoms with E-state index in [0.29, 0.717) is 36.0 Å². The first kappa shape index (κ1) is 31.7. The lowest BCUT2D eigenvalue weighted by Gasteiger charge is -2.48. The smallest absolute Gasteiger partial charge is 0.253 e. The summed E-state index contributed by atoms with van der Waals surface area (Å²) in [5.41, 5.74) is 1.69. The van der Waals surface area contributed by atoms with E-state index >= 15 is 0 Å². The topological polar surface area (TPSA) is 83.4 Å². The van der Waals surface area contributed by atoms with E-state index < -0.39 is 0 Å². The molecule has 45 heavy (non-hydrogen) atoms. The van der Waals surface area contributed by atoms with Crippen LogP contribution < -0.4 is 5.32 Å². The molecule has 1 atom stereocenters. The minimum absolute atomic E-state index is 0.0806. The summed E-state index contributed by atoms with van der Waals surface area (Å²) in [6.45, 7) is 3.53. The Morgan fingerprint density at radius 2 is 1.60 bits per heavy atom. The van der Waals surface area contributed by atoms with E-state index in [0.717, 1.165) is 50.9 Å². The van der Waals surface area contributed by atoms with Gasteiger partial charge in [0.05, 0.1) is 6.04 Å². The van der Waals surface area contributed by atoms with Crippen molar-refractivity contribution in [2.75, 3.05) is 26.2 Å². The van der Waals surface area contributed by atoms with Gasteiger partial charge in [0.1, 0.15) is 18.5 Å². The molecule has 0 radical (unpaired) electrons. The van der Waals surface area contributed by atoms with E-state index in [1.807, 2.05) is 40.2 Å². The van der Waals surface area contributed by atoms with Crippen molar-refractivity contribution in [1.82, 2.24) is 29.9 Å². The third kappa shape index (κ3) is 7.75. The number of halogens is 2. The van der Waals surface area contributed by atoms with E-state index in [4.69, 9.17) is 11.6 Å². The molecule has 0 unspecified atom stereocenters. The van der Waals surface area contributed by atoms with Crippen LogP contribution in [0.2, 0.25) is 5.02 Å². The summed E-state index contributed by atoms with van der Waals surface area (Å²) in [7, 11) is 0. The minimum atomic E-state index is -0.368. The third-order valence-electron chi connectivity index (χ3n) is 10.4. The molecule has 10 heteroatoms. The number of benzene rings is 2. The van der Waals surface area contributed by atoms with Gasteiger partial charge in [-0.25, -0.2) is 9.37 Å². The molecule has 240 valence electrons. The predicted octanol–water partition coefficient (Wildman–Crippen LogP) is 5.77. The van der Waals surface area contributed by atoms with Gasteiger partial charge in [0, 0.05) is 49.4 Å². The van der Waals surface area contributed by atoms with Crippen LogP contribution in [0.3, 0.4) is 0 Å². The first-order valence-corrected chi connectivity index (χ1v) is 16.9. The van der Waals surface area contributed by atoms with Gasteiger partial charge in [-0.15, -0.1) is 0 Å². The molecular weight excluding hydrogens is 591 g/mol. The molecule has 0 bridgehead atoms. The molecule has 1 aliphatic carbocycles. The maximum Gasteiger partial charge on any atom is 0.253 e. The maximum absolute atomic E-state index is 14.2. The zero-order chi connectivity index (χ0) is 31.2. The average Bonchev–Trinajstić information content (AvgIpc) is 3.59. The molecule has 2 aromatic carbocycles. The molecule has 3 aromatic rings. The Bertz CT molecular complexity index is 1390. The normalized spacial score (nSPS) is 20.2. The molecule has 1 aromatic heterocycles. The Kier molecular flexibility index (Phi) is 10.1. The van der Waals surface area contributed by atoms with Crippen molar-refractivity contribution < 1.29 is 14.0 Å². The quantitative estimate of drug-likeness (QED) is 0.323. The first-order valence-electron chi connectivity index (χ1n) is 16.6. The summed E-state index contributed by atoms with van der Waals surface area (Å²) < 4.78 is 15.4. The van der Waals surface area contributed by atoms with Crippen LogP contribution in [-0.2, 0) is 17.8 Å². The lowest BCUT2D eigenvalue weighted by molar-refractivity contribution is -0.137. The summed E-state index contributed by atoms with van der Waals surface area (Å²) in [4.78, 5) is 35.3. The number of nitrogens with one attached hydrogen (secondary N) is 1. The number of likely N-dealkylation sites (tertiary alicyclic amines) is 2. The summed E-state index contributed by atoms with van der Waals surface area (Å²) in [6.07, 6.45) is 13.9. The second-order valence-electron chi connectivity index (χ2n) is 13.2. The van der Waals surface area contributed by atoms with Gasteiger partial charge in [-0.2, -0.15) is 5.10 Å². The number of hydrogen-bond acceptors (Lipinski definition) is 5. The number of rotatable bonds is 9. The summed E-state index contributed by atoms with van der Waals surface area (Å²) in [5, 5.41) is 8.84. The highest BCUT2D eigenvalue weighted by atomic mass is 35.5. The maximum atomic E-state index is 14.2. The van der Waals surface area contributed by atoms with Crippen molar-refractivity contribution in [3.63, 3.8) is 0 Å². The second-order valence-corrected chi connectivity index (χ2v) is 13.7. The monoisotopic (exact) mass is 634 g/mol. The predicted molar refractivity (Wildman–Crippen MR) is 172 cm³/mol. The van der Waals surface area contributed by atoms with Gasteiger partial charge in [-0.1, -0.05) is 43.0 Å². The summed E-state index contributed by atoms with van der Waals surface area (Å²) >= 11 is 6.17. The summed E-state index contributed by atoms with van der Waals surface area (Å²) in [6, 6.07) is 13.2. The Labute approximate surface area is 270 Å². The third-order valence-corrected chi connectivity index (χ3v) is 10.7. The van der Waals surface area contributed by atoms with Crippen LogP contribution in [0.15, 0.2) is 61.2 Å². The number of carbonyl (C=O) groups excluding carboxylic acids is 2. The van der Waals surface area contributed by atoms with Gasteiger partial charge >= 0.3 is 0 Å². The van der Waals surface area contributed by atoms with Crippen molar-refractivity contribution in [3.05, 3.63) is 83.2 Å². The fourth-order valence-electron chi connectivity index (χ4n) is 7.82. The number of hydrogen-bond donors (Lipinski definition) is 1. The molecule has 6 rings (SSSR count). The first-order chi connectivity index (χ1) is 21.9. The minimum Gasteiger partial charge on any atom is -0.341 e. The molecule has 2 aliphatic heterocycles. The molecule has 3 heterocycles. The van der Waals surface area contributed by atoms with E-state index in [1.54, 1.807) is 6.33 Å². The van der Waals surface area contributed by atoms with Crippen LogP contribution in [-0.4, -0.2) is 74.6 Å². The van der Waals surface area contributed by atoms with Crippen molar-refractivity contribution in [3.8, 4) is 0 Å². The van der Waals surface area contributed by atoms with Gasteiger partial charge in [-0.3, -0.25) is 14.3 Å². The fraction of sp³-hybridized carbons (Fsp3) is 0.543. The Hall–Kier alpha value is -3.30. The second kappa shape index (κ2) is 14.4. The van der Waals surface area contributed by atoms with Crippen LogP contribution in [0.25, 0.3) is 0 Å². The fourth-order valence-corrected chi connectivity index (χ4v) is 7.95. The number of piperidine rings is 2. The molecular formula is C35H44ClFN6O2. The molecule has 8 nitrogen and oxygen atoms in total. The lowest BCUT2D eigenvalue weighted by Crippen LogP contribution is -2.56. The van der Waals surface area contributed by atoms with Gasteiger partial charge in [-0.05, 0) is 98.2 Å². The lowest BCUT2D eigenvalue weighted by atomic mass is 9.63. The molecule has 3 aliphatic rings. The number of carbonyl (C=O) groups is 2. The number of aromatic nitrogens is 3. The van der Waals surface area contributed by atoms with Crippen molar-refractivity contribution in [2.24, 2.45) is 11.3 Å². The highest BCUT2D eigenvalue weighted by molar-refractivity contribution is 6.30. The molecule has 3 fully saturated rings.